The molecule has 9 heteroatoms. The maximum Gasteiger partial charge on any atom is 0.244 e. The number of anilines is 1. The molecule has 1 aromatic rings. The average molecular weight is 336 g/mol. The van der Waals surface area contributed by atoms with Gasteiger partial charge in [-0.25, -0.2) is 21.6 Å². The van der Waals surface area contributed by atoms with Gasteiger partial charge in [-0.1, -0.05) is 19.8 Å². The molecule has 0 aliphatic heterocycles. The molecular formula is C12H20N2O5S2. The van der Waals surface area contributed by atoms with E-state index in [1.54, 1.807) is 0 Å². The third-order valence-corrected chi connectivity index (χ3v) is 5.62. The molecule has 3 N–H and O–H groups in total. The first kappa shape index (κ1) is 17.7. The van der Waals surface area contributed by atoms with Crippen LogP contribution in [0.1, 0.15) is 26.2 Å². The van der Waals surface area contributed by atoms with Crippen LogP contribution in [0.5, 0.6) is 5.75 Å². The van der Waals surface area contributed by atoms with Gasteiger partial charge >= 0.3 is 0 Å². The standard InChI is InChI=1S/C12H20N2O5S2/c1-3-4-5-8-20(16,17)14-10-6-7-11(15)12(9-10)21(18,19)13-2/h6-7,9,13-15H,3-5,8H2,1-2H3. The van der Waals surface area contributed by atoms with Crippen LogP contribution in [0.25, 0.3) is 0 Å². The molecule has 0 heterocycles. The van der Waals surface area contributed by atoms with E-state index in [0.29, 0.717) is 6.42 Å². The zero-order valence-corrected chi connectivity index (χ0v) is 13.6. The van der Waals surface area contributed by atoms with Crippen molar-refractivity contribution in [1.29, 1.82) is 0 Å². The van der Waals surface area contributed by atoms with Crippen LogP contribution in [0, 0.1) is 0 Å². The monoisotopic (exact) mass is 336 g/mol. The third-order valence-electron chi connectivity index (χ3n) is 2.81. The van der Waals surface area contributed by atoms with E-state index in [9.17, 15) is 21.9 Å². The van der Waals surface area contributed by atoms with Crippen LogP contribution in [0.4, 0.5) is 5.69 Å². The summed E-state index contributed by atoms with van der Waals surface area (Å²) in [7, 11) is -6.19. The average Bonchev–Trinajstić information content (AvgIpc) is 2.40. The Kier molecular flexibility index (Phi) is 5.99. The van der Waals surface area contributed by atoms with Crippen LogP contribution in [0.15, 0.2) is 23.1 Å². The highest BCUT2D eigenvalue weighted by atomic mass is 32.2. The normalized spacial score (nSPS) is 12.3. The molecule has 1 rings (SSSR count). The van der Waals surface area contributed by atoms with Crippen LogP contribution in [-0.2, 0) is 20.0 Å². The predicted octanol–water partition coefficient (Wildman–Crippen LogP) is 1.23. The SMILES string of the molecule is CCCCCS(=O)(=O)Nc1ccc(O)c(S(=O)(=O)NC)c1. The van der Waals surface area contributed by atoms with Gasteiger partial charge in [0.05, 0.1) is 11.4 Å². The number of nitrogens with one attached hydrogen (secondary N) is 2. The van der Waals surface area contributed by atoms with E-state index in [1.165, 1.54) is 13.1 Å². The highest BCUT2D eigenvalue weighted by Gasteiger charge is 2.18. The van der Waals surface area contributed by atoms with Gasteiger partial charge in [-0.3, -0.25) is 4.72 Å². The summed E-state index contributed by atoms with van der Waals surface area (Å²) in [6.45, 7) is 1.97. The minimum atomic E-state index is -3.86. The molecule has 0 fully saturated rings. The summed E-state index contributed by atoms with van der Waals surface area (Å²) in [5.41, 5.74) is 0.0955. The molecule has 0 unspecified atom stereocenters. The Balaban J connectivity index is 2.99. The van der Waals surface area contributed by atoms with Crippen molar-refractivity contribution in [2.24, 2.45) is 0 Å². The second kappa shape index (κ2) is 7.10. The summed E-state index contributed by atoms with van der Waals surface area (Å²) < 4.78 is 51.5. The third kappa shape index (κ3) is 5.18. The summed E-state index contributed by atoms with van der Waals surface area (Å²) >= 11 is 0. The maximum atomic E-state index is 11.9. The summed E-state index contributed by atoms with van der Waals surface area (Å²) in [5, 5.41) is 9.58. The van der Waals surface area contributed by atoms with Gasteiger partial charge in [0.15, 0.2) is 0 Å². The Bertz CT molecular complexity index is 684. The summed E-state index contributed by atoms with van der Waals surface area (Å²) in [6.07, 6.45) is 2.24. The van der Waals surface area contributed by atoms with Gasteiger partial charge in [0.2, 0.25) is 20.0 Å². The van der Waals surface area contributed by atoms with Gasteiger partial charge in [-0.2, -0.15) is 0 Å². The number of phenols is 1. The maximum absolute atomic E-state index is 11.9. The summed E-state index contributed by atoms with van der Waals surface area (Å²) in [4.78, 5) is -0.376. The van der Waals surface area contributed by atoms with Crippen molar-refractivity contribution in [1.82, 2.24) is 4.72 Å². The molecule has 7 nitrogen and oxygen atoms in total. The lowest BCUT2D eigenvalue weighted by Crippen LogP contribution is -2.20. The Labute approximate surface area is 125 Å². The quantitative estimate of drug-likeness (QED) is 0.488. The molecule has 0 aliphatic carbocycles. The number of unbranched alkanes of at least 4 members (excludes halogenated alkanes) is 2. The topological polar surface area (TPSA) is 113 Å². The van der Waals surface area contributed by atoms with Crippen molar-refractivity contribution in [3.05, 3.63) is 18.2 Å². The number of hydrogen-bond donors (Lipinski definition) is 3. The molecule has 0 bridgehead atoms. The van der Waals surface area contributed by atoms with Crippen molar-refractivity contribution in [2.75, 3.05) is 17.5 Å². The minimum Gasteiger partial charge on any atom is -0.507 e. The van der Waals surface area contributed by atoms with E-state index in [1.807, 2.05) is 6.92 Å². The second-order valence-electron chi connectivity index (χ2n) is 4.52. The van der Waals surface area contributed by atoms with Crippen molar-refractivity contribution >= 4 is 25.7 Å². The molecule has 1 aromatic carbocycles. The molecule has 0 radical (unpaired) electrons. The van der Waals surface area contributed by atoms with Crippen molar-refractivity contribution in [3.8, 4) is 5.75 Å². The Morgan fingerprint density at radius 3 is 2.38 bits per heavy atom. The number of hydrogen-bond acceptors (Lipinski definition) is 5. The highest BCUT2D eigenvalue weighted by Crippen LogP contribution is 2.26. The molecule has 0 saturated carbocycles. The minimum absolute atomic E-state index is 0.0319. The van der Waals surface area contributed by atoms with Gasteiger partial charge in [-0.05, 0) is 31.7 Å². The number of phenolic OH excluding ortho intramolecular Hbond substituents is 1. The van der Waals surface area contributed by atoms with Crippen molar-refractivity contribution < 1.29 is 21.9 Å². The van der Waals surface area contributed by atoms with Gasteiger partial charge in [0, 0.05) is 0 Å². The van der Waals surface area contributed by atoms with Crippen molar-refractivity contribution in [2.45, 2.75) is 31.1 Å². The van der Waals surface area contributed by atoms with Crippen LogP contribution in [0.3, 0.4) is 0 Å². The van der Waals surface area contributed by atoms with E-state index in [-0.39, 0.29) is 16.3 Å². The summed E-state index contributed by atoms with van der Waals surface area (Å²) in [6, 6.07) is 3.52. The predicted molar refractivity (Wildman–Crippen MR) is 81.3 cm³/mol. The Morgan fingerprint density at radius 2 is 1.81 bits per heavy atom. The van der Waals surface area contributed by atoms with Crippen LogP contribution >= 0.6 is 0 Å². The lowest BCUT2D eigenvalue weighted by molar-refractivity contribution is 0.458. The number of rotatable bonds is 8. The van der Waals surface area contributed by atoms with E-state index < -0.39 is 25.8 Å². The van der Waals surface area contributed by atoms with E-state index in [4.69, 9.17) is 0 Å². The first-order chi connectivity index (χ1) is 9.72. The molecule has 120 valence electrons. The fourth-order valence-corrected chi connectivity index (χ4v) is 3.69. The number of benzene rings is 1. The zero-order chi connectivity index (χ0) is 16.1. The smallest absolute Gasteiger partial charge is 0.244 e. The lowest BCUT2D eigenvalue weighted by Gasteiger charge is -2.10. The molecule has 0 saturated heterocycles. The van der Waals surface area contributed by atoms with Gasteiger partial charge in [0.1, 0.15) is 10.6 Å². The molecule has 21 heavy (non-hydrogen) atoms. The Hall–Kier alpha value is -1.32. The van der Waals surface area contributed by atoms with Crippen LogP contribution in [-0.4, -0.2) is 34.7 Å². The van der Waals surface area contributed by atoms with Gasteiger partial charge < -0.3 is 5.11 Å². The van der Waals surface area contributed by atoms with E-state index in [2.05, 4.69) is 9.44 Å². The largest absolute Gasteiger partial charge is 0.507 e. The fourth-order valence-electron chi connectivity index (χ4n) is 1.68. The second-order valence-corrected chi connectivity index (χ2v) is 8.21. The highest BCUT2D eigenvalue weighted by molar-refractivity contribution is 7.92. The molecule has 0 aliphatic rings. The van der Waals surface area contributed by atoms with Crippen LogP contribution in [0.2, 0.25) is 0 Å². The van der Waals surface area contributed by atoms with Crippen LogP contribution < -0.4 is 9.44 Å². The molecule has 0 atom stereocenters. The molecule has 0 spiro atoms. The first-order valence-electron chi connectivity index (χ1n) is 6.49. The zero-order valence-electron chi connectivity index (χ0n) is 12.0. The molecule has 0 amide bonds. The van der Waals surface area contributed by atoms with E-state index >= 15 is 0 Å². The fraction of sp³-hybridized carbons (Fsp3) is 0.500. The number of sulfonamides is 2. The van der Waals surface area contributed by atoms with Gasteiger partial charge in [-0.15, -0.1) is 0 Å². The summed E-state index contributed by atoms with van der Waals surface area (Å²) in [5.74, 6) is -0.478. The molecule has 0 aromatic heterocycles. The molecular weight excluding hydrogens is 316 g/mol. The van der Waals surface area contributed by atoms with Gasteiger partial charge in [0.25, 0.3) is 0 Å². The number of aromatic hydroxyl groups is 1. The lowest BCUT2D eigenvalue weighted by atomic mass is 10.3. The van der Waals surface area contributed by atoms with E-state index in [0.717, 1.165) is 25.0 Å². The first-order valence-corrected chi connectivity index (χ1v) is 9.62. The van der Waals surface area contributed by atoms with Crippen molar-refractivity contribution in [3.63, 3.8) is 0 Å². The Morgan fingerprint density at radius 1 is 1.14 bits per heavy atom.